The van der Waals surface area contributed by atoms with Crippen molar-refractivity contribution in [3.63, 3.8) is 0 Å². The molecule has 96 valence electrons. The Bertz CT molecular complexity index is 576. The Morgan fingerprint density at radius 1 is 1.28 bits per heavy atom. The first-order chi connectivity index (χ1) is 8.54. The molecule has 0 amide bonds. The van der Waals surface area contributed by atoms with Crippen molar-refractivity contribution in [2.75, 3.05) is 6.61 Å². The molecule has 0 unspecified atom stereocenters. The first-order valence-electron chi connectivity index (χ1n) is 6.12. The number of halogens is 1. The van der Waals surface area contributed by atoms with Gasteiger partial charge >= 0.3 is 0 Å². The summed E-state index contributed by atoms with van der Waals surface area (Å²) in [4.78, 5) is 0. The molecule has 0 bridgehead atoms. The van der Waals surface area contributed by atoms with Gasteiger partial charge in [-0.3, -0.25) is 0 Å². The minimum atomic E-state index is -0.364. The summed E-state index contributed by atoms with van der Waals surface area (Å²) in [6.07, 6.45) is 0. The summed E-state index contributed by atoms with van der Waals surface area (Å²) in [5.41, 5.74) is 0.896. The Morgan fingerprint density at radius 2 is 2.00 bits per heavy atom. The van der Waals surface area contributed by atoms with Gasteiger partial charge in [0.05, 0.1) is 6.61 Å². The van der Waals surface area contributed by atoms with Gasteiger partial charge in [0.15, 0.2) is 11.6 Å². The molecule has 1 N–H and O–H groups in total. The molecule has 0 aromatic heterocycles. The minimum Gasteiger partial charge on any atom is -0.508 e. The average Bonchev–Trinajstić information content (AvgIpc) is 2.32. The Labute approximate surface area is 106 Å². The normalized spacial score (nSPS) is 11.2. The van der Waals surface area contributed by atoms with E-state index in [9.17, 15) is 9.50 Å². The van der Waals surface area contributed by atoms with Gasteiger partial charge in [0, 0.05) is 5.39 Å². The van der Waals surface area contributed by atoms with Crippen LogP contribution in [0.1, 0.15) is 32.3 Å². The predicted octanol–water partition coefficient (Wildman–Crippen LogP) is 4.21. The summed E-state index contributed by atoms with van der Waals surface area (Å²) in [6.45, 7) is 6.26. The van der Waals surface area contributed by atoms with Gasteiger partial charge in [0.1, 0.15) is 5.75 Å². The summed E-state index contributed by atoms with van der Waals surface area (Å²) in [6, 6.07) is 6.34. The van der Waals surface area contributed by atoms with Gasteiger partial charge in [-0.15, -0.1) is 0 Å². The second-order valence-corrected chi connectivity index (χ2v) is 4.60. The van der Waals surface area contributed by atoms with Crippen molar-refractivity contribution >= 4 is 10.8 Å². The number of benzene rings is 2. The lowest BCUT2D eigenvalue weighted by Gasteiger charge is -2.15. The summed E-state index contributed by atoms with van der Waals surface area (Å²) < 4.78 is 19.3. The lowest BCUT2D eigenvalue weighted by Crippen LogP contribution is -1.99. The Hall–Kier alpha value is -1.77. The Balaban J connectivity index is 2.84. The van der Waals surface area contributed by atoms with Crippen LogP contribution >= 0.6 is 0 Å². The van der Waals surface area contributed by atoms with Crippen molar-refractivity contribution in [1.29, 1.82) is 0 Å². The van der Waals surface area contributed by atoms with Gasteiger partial charge < -0.3 is 9.84 Å². The maximum Gasteiger partial charge on any atom is 0.165 e. The van der Waals surface area contributed by atoms with Crippen LogP contribution in [-0.4, -0.2) is 11.7 Å². The fraction of sp³-hybridized carbons (Fsp3) is 0.333. The molecular weight excluding hydrogens is 231 g/mol. The largest absolute Gasteiger partial charge is 0.508 e. The van der Waals surface area contributed by atoms with E-state index in [1.807, 2.05) is 20.8 Å². The average molecular weight is 248 g/mol. The number of rotatable bonds is 3. The number of hydrogen-bond acceptors (Lipinski definition) is 2. The molecule has 0 fully saturated rings. The lowest BCUT2D eigenvalue weighted by molar-refractivity contribution is 0.325. The van der Waals surface area contributed by atoms with Crippen LogP contribution in [0.5, 0.6) is 11.5 Å². The molecule has 0 aliphatic heterocycles. The van der Waals surface area contributed by atoms with E-state index in [1.165, 1.54) is 6.07 Å². The van der Waals surface area contributed by atoms with Crippen molar-refractivity contribution < 1.29 is 14.2 Å². The van der Waals surface area contributed by atoms with Crippen molar-refractivity contribution in [3.8, 4) is 11.5 Å². The first kappa shape index (κ1) is 12.7. The number of aromatic hydroxyl groups is 1. The smallest absolute Gasteiger partial charge is 0.165 e. The van der Waals surface area contributed by atoms with Crippen molar-refractivity contribution in [3.05, 3.63) is 35.6 Å². The highest BCUT2D eigenvalue weighted by molar-refractivity contribution is 5.93. The van der Waals surface area contributed by atoms with Gasteiger partial charge in [-0.1, -0.05) is 19.9 Å². The van der Waals surface area contributed by atoms with Crippen LogP contribution in [0.4, 0.5) is 4.39 Å². The first-order valence-corrected chi connectivity index (χ1v) is 6.12. The molecule has 2 nitrogen and oxygen atoms in total. The van der Waals surface area contributed by atoms with E-state index >= 15 is 0 Å². The molecule has 0 saturated carbocycles. The quantitative estimate of drug-likeness (QED) is 0.881. The van der Waals surface area contributed by atoms with Crippen molar-refractivity contribution in [1.82, 2.24) is 0 Å². The number of hydrogen-bond donors (Lipinski definition) is 1. The summed E-state index contributed by atoms with van der Waals surface area (Å²) >= 11 is 0. The van der Waals surface area contributed by atoms with Gasteiger partial charge in [-0.25, -0.2) is 4.39 Å². The third-order valence-electron chi connectivity index (χ3n) is 2.95. The zero-order valence-electron chi connectivity index (χ0n) is 10.8. The van der Waals surface area contributed by atoms with Crippen molar-refractivity contribution in [2.45, 2.75) is 26.7 Å². The monoisotopic (exact) mass is 248 g/mol. The lowest BCUT2D eigenvalue weighted by atomic mass is 9.95. The second-order valence-electron chi connectivity index (χ2n) is 4.60. The Kier molecular flexibility index (Phi) is 3.41. The molecular formula is C15H17FO2. The summed E-state index contributed by atoms with van der Waals surface area (Å²) in [7, 11) is 0. The highest BCUT2D eigenvalue weighted by Crippen LogP contribution is 2.37. The van der Waals surface area contributed by atoms with Crippen LogP contribution in [-0.2, 0) is 0 Å². The van der Waals surface area contributed by atoms with Crippen molar-refractivity contribution in [2.24, 2.45) is 0 Å². The molecule has 18 heavy (non-hydrogen) atoms. The molecule has 0 atom stereocenters. The molecule has 2 rings (SSSR count). The highest BCUT2D eigenvalue weighted by Gasteiger charge is 2.15. The standard InChI is InChI=1S/C15H17FO2/c1-4-18-15-13(16)6-5-10-7-11(17)8-12(9(2)3)14(10)15/h5-9,17H,4H2,1-3H3. The second kappa shape index (κ2) is 4.84. The van der Waals surface area contributed by atoms with E-state index in [2.05, 4.69) is 0 Å². The number of phenolic OH excluding ortho intramolecular Hbond substituents is 1. The third-order valence-corrected chi connectivity index (χ3v) is 2.95. The van der Waals surface area contributed by atoms with Crippen LogP contribution in [0.2, 0.25) is 0 Å². The van der Waals surface area contributed by atoms with E-state index in [1.54, 1.807) is 18.2 Å². The molecule has 0 aliphatic carbocycles. The molecule has 0 saturated heterocycles. The van der Waals surface area contributed by atoms with Crippen LogP contribution in [0.15, 0.2) is 24.3 Å². The zero-order valence-corrected chi connectivity index (χ0v) is 10.8. The molecule has 2 aromatic rings. The van der Waals surface area contributed by atoms with E-state index in [0.29, 0.717) is 6.61 Å². The number of phenols is 1. The third kappa shape index (κ3) is 2.13. The number of fused-ring (bicyclic) bond motifs is 1. The SMILES string of the molecule is CCOc1c(F)ccc2cc(O)cc(C(C)C)c12. The van der Waals surface area contributed by atoms with E-state index in [-0.39, 0.29) is 23.2 Å². The van der Waals surface area contributed by atoms with Gasteiger partial charge in [-0.05, 0) is 42.0 Å². The maximum absolute atomic E-state index is 13.9. The molecule has 0 heterocycles. The summed E-state index contributed by atoms with van der Waals surface area (Å²) in [5.74, 6) is 0.288. The zero-order chi connectivity index (χ0) is 13.3. The molecule has 0 spiro atoms. The minimum absolute atomic E-state index is 0.181. The van der Waals surface area contributed by atoms with E-state index in [4.69, 9.17) is 4.74 Å². The van der Waals surface area contributed by atoms with E-state index in [0.717, 1.165) is 16.3 Å². The van der Waals surface area contributed by atoms with E-state index < -0.39 is 0 Å². The molecule has 3 heteroatoms. The summed E-state index contributed by atoms with van der Waals surface area (Å²) in [5, 5.41) is 11.3. The van der Waals surface area contributed by atoms with Crippen LogP contribution < -0.4 is 4.74 Å². The fourth-order valence-corrected chi connectivity index (χ4v) is 2.16. The van der Waals surface area contributed by atoms with Crippen LogP contribution in [0.3, 0.4) is 0 Å². The Morgan fingerprint density at radius 3 is 2.61 bits per heavy atom. The molecule has 0 aliphatic rings. The molecule has 0 radical (unpaired) electrons. The fourth-order valence-electron chi connectivity index (χ4n) is 2.16. The maximum atomic E-state index is 13.9. The van der Waals surface area contributed by atoms with Gasteiger partial charge in [0.2, 0.25) is 0 Å². The van der Waals surface area contributed by atoms with Gasteiger partial charge in [0.25, 0.3) is 0 Å². The van der Waals surface area contributed by atoms with Crippen LogP contribution in [0, 0.1) is 5.82 Å². The number of ether oxygens (including phenoxy) is 1. The van der Waals surface area contributed by atoms with Gasteiger partial charge in [-0.2, -0.15) is 0 Å². The highest BCUT2D eigenvalue weighted by atomic mass is 19.1. The topological polar surface area (TPSA) is 29.5 Å². The van der Waals surface area contributed by atoms with Crippen LogP contribution in [0.25, 0.3) is 10.8 Å². The molecule has 2 aromatic carbocycles. The predicted molar refractivity (Wildman–Crippen MR) is 70.8 cm³/mol.